The number of nitrogens with zero attached hydrogens (tertiary/aromatic N) is 2. The molecule has 1 unspecified atom stereocenters. The zero-order valence-electron chi connectivity index (χ0n) is 22.4. The quantitative estimate of drug-likeness (QED) is 0.425. The number of anilines is 1. The van der Waals surface area contributed by atoms with Crippen LogP contribution in [0, 0.1) is 0 Å². The van der Waals surface area contributed by atoms with E-state index in [1.54, 1.807) is 25.1 Å². The SMILES string of the molecule is CCS(=O)(=O)N(CC(=O)N(Cc1cccc(Br)c1)C(C)C(=O)NC1CCCCC1)c1ccc2c(c1)OCCO2. The van der Waals surface area contributed by atoms with E-state index in [2.05, 4.69) is 21.2 Å². The number of carbonyl (C=O) groups excluding carboxylic acids is 2. The van der Waals surface area contributed by atoms with Crippen LogP contribution in [0.5, 0.6) is 11.5 Å². The summed E-state index contributed by atoms with van der Waals surface area (Å²) >= 11 is 3.46. The third-order valence-corrected chi connectivity index (χ3v) is 9.39. The summed E-state index contributed by atoms with van der Waals surface area (Å²) in [4.78, 5) is 28.6. The maximum atomic E-state index is 13.9. The Hall–Kier alpha value is -2.79. The molecule has 0 radical (unpaired) electrons. The number of hydrogen-bond donors (Lipinski definition) is 1. The molecule has 1 atom stereocenters. The van der Waals surface area contributed by atoms with Crippen molar-refractivity contribution in [3.63, 3.8) is 0 Å². The van der Waals surface area contributed by atoms with E-state index < -0.39 is 28.5 Å². The molecule has 0 saturated heterocycles. The van der Waals surface area contributed by atoms with Crippen LogP contribution >= 0.6 is 15.9 Å². The number of hydrogen-bond acceptors (Lipinski definition) is 6. The minimum absolute atomic E-state index is 0.0891. The first-order valence-electron chi connectivity index (χ1n) is 13.4. The molecule has 2 aliphatic rings. The first kappa shape index (κ1) is 29.2. The third kappa shape index (κ3) is 7.45. The fraction of sp³-hybridized carbons (Fsp3) is 0.500. The molecule has 0 bridgehead atoms. The number of benzene rings is 2. The second-order valence-corrected chi connectivity index (χ2v) is 13.0. The molecule has 4 rings (SSSR count). The average molecular weight is 623 g/mol. The van der Waals surface area contributed by atoms with E-state index >= 15 is 0 Å². The van der Waals surface area contributed by atoms with Gasteiger partial charge in [0.15, 0.2) is 11.5 Å². The van der Waals surface area contributed by atoms with Crippen molar-refractivity contribution in [1.82, 2.24) is 10.2 Å². The van der Waals surface area contributed by atoms with Gasteiger partial charge in [-0.1, -0.05) is 47.3 Å². The molecule has 9 nitrogen and oxygen atoms in total. The Labute approximate surface area is 239 Å². The van der Waals surface area contributed by atoms with Gasteiger partial charge in [-0.05, 0) is 56.5 Å². The van der Waals surface area contributed by atoms with E-state index in [0.29, 0.717) is 30.4 Å². The number of ether oxygens (including phenoxy) is 2. The molecule has 1 N–H and O–H groups in total. The zero-order valence-corrected chi connectivity index (χ0v) is 24.8. The highest BCUT2D eigenvalue weighted by atomic mass is 79.9. The molecule has 212 valence electrons. The Balaban J connectivity index is 1.61. The molecule has 1 saturated carbocycles. The van der Waals surface area contributed by atoms with E-state index in [4.69, 9.17) is 9.47 Å². The summed E-state index contributed by atoms with van der Waals surface area (Å²) in [6.45, 7) is 3.68. The van der Waals surface area contributed by atoms with E-state index in [9.17, 15) is 18.0 Å². The fourth-order valence-electron chi connectivity index (χ4n) is 4.89. The summed E-state index contributed by atoms with van der Waals surface area (Å²) in [6, 6.07) is 11.6. The number of fused-ring (bicyclic) bond motifs is 1. The van der Waals surface area contributed by atoms with E-state index in [1.807, 2.05) is 24.3 Å². The van der Waals surface area contributed by atoms with Crippen molar-refractivity contribution in [3.8, 4) is 11.5 Å². The van der Waals surface area contributed by atoms with Crippen LogP contribution in [0.4, 0.5) is 5.69 Å². The van der Waals surface area contributed by atoms with Crippen molar-refractivity contribution < 1.29 is 27.5 Å². The summed E-state index contributed by atoms with van der Waals surface area (Å²) in [5.41, 5.74) is 1.12. The predicted molar refractivity (Wildman–Crippen MR) is 153 cm³/mol. The average Bonchev–Trinajstić information content (AvgIpc) is 2.94. The zero-order chi connectivity index (χ0) is 28.0. The van der Waals surface area contributed by atoms with Crippen molar-refractivity contribution in [2.45, 2.75) is 64.6 Å². The minimum Gasteiger partial charge on any atom is -0.486 e. The van der Waals surface area contributed by atoms with Gasteiger partial charge in [0.1, 0.15) is 25.8 Å². The third-order valence-electron chi connectivity index (χ3n) is 7.15. The van der Waals surface area contributed by atoms with Crippen molar-refractivity contribution in [3.05, 3.63) is 52.5 Å². The van der Waals surface area contributed by atoms with Crippen LogP contribution in [-0.4, -0.2) is 62.7 Å². The number of halogens is 1. The molecular weight excluding hydrogens is 586 g/mol. The lowest BCUT2D eigenvalue weighted by Crippen LogP contribution is -2.53. The van der Waals surface area contributed by atoms with Crippen LogP contribution in [0.15, 0.2) is 46.9 Å². The Morgan fingerprint density at radius 2 is 1.77 bits per heavy atom. The standard InChI is InChI=1S/C28H36BrN3O6S/c1-3-39(35,36)32(24-12-13-25-26(17-24)38-15-14-37-25)19-27(33)31(18-21-8-7-9-22(29)16-21)20(2)28(34)30-23-10-5-4-6-11-23/h7-9,12-13,16-17,20,23H,3-6,10-11,14-15,18-19H2,1-2H3,(H,30,34). The molecule has 11 heteroatoms. The van der Waals surface area contributed by atoms with Crippen LogP contribution in [0.1, 0.15) is 51.5 Å². The first-order valence-corrected chi connectivity index (χ1v) is 15.8. The van der Waals surface area contributed by atoms with E-state index in [-0.39, 0.29) is 24.2 Å². The second-order valence-electron chi connectivity index (χ2n) is 9.91. The highest BCUT2D eigenvalue weighted by Crippen LogP contribution is 2.35. The van der Waals surface area contributed by atoms with Gasteiger partial charge >= 0.3 is 0 Å². The fourth-order valence-corrected chi connectivity index (χ4v) is 6.39. The van der Waals surface area contributed by atoms with Crippen LogP contribution in [0.3, 0.4) is 0 Å². The van der Waals surface area contributed by atoms with Crippen molar-refractivity contribution in [1.29, 1.82) is 0 Å². The molecule has 0 spiro atoms. The molecule has 1 fully saturated rings. The molecule has 2 aromatic rings. The van der Waals surface area contributed by atoms with E-state index in [0.717, 1.165) is 46.4 Å². The summed E-state index contributed by atoms with van der Waals surface area (Å²) in [5, 5.41) is 3.11. The monoisotopic (exact) mass is 621 g/mol. The summed E-state index contributed by atoms with van der Waals surface area (Å²) < 4.78 is 39.5. The Morgan fingerprint density at radius 1 is 1.05 bits per heavy atom. The Bertz CT molecular complexity index is 1280. The maximum Gasteiger partial charge on any atom is 0.244 e. The lowest BCUT2D eigenvalue weighted by Gasteiger charge is -2.33. The molecule has 1 heterocycles. The summed E-state index contributed by atoms with van der Waals surface area (Å²) in [6.07, 6.45) is 5.14. The first-order chi connectivity index (χ1) is 18.7. The largest absolute Gasteiger partial charge is 0.486 e. The Kier molecular flexibility index (Phi) is 9.76. The smallest absolute Gasteiger partial charge is 0.244 e. The number of nitrogens with one attached hydrogen (secondary N) is 1. The van der Waals surface area contributed by atoms with Gasteiger partial charge in [-0.25, -0.2) is 8.42 Å². The van der Waals surface area contributed by atoms with Gasteiger partial charge in [-0.15, -0.1) is 0 Å². The molecule has 1 aliphatic heterocycles. The van der Waals surface area contributed by atoms with Gasteiger partial charge in [0.2, 0.25) is 21.8 Å². The van der Waals surface area contributed by atoms with Gasteiger partial charge in [0.25, 0.3) is 0 Å². The lowest BCUT2D eigenvalue weighted by atomic mass is 9.95. The van der Waals surface area contributed by atoms with Gasteiger partial charge in [-0.3, -0.25) is 13.9 Å². The van der Waals surface area contributed by atoms with Crippen molar-refractivity contribution in [2.24, 2.45) is 0 Å². The number of amides is 2. The molecule has 39 heavy (non-hydrogen) atoms. The van der Waals surface area contributed by atoms with Crippen LogP contribution in [-0.2, 0) is 26.2 Å². The minimum atomic E-state index is -3.84. The number of rotatable bonds is 10. The maximum absolute atomic E-state index is 13.9. The molecule has 2 aromatic carbocycles. The Morgan fingerprint density at radius 3 is 2.46 bits per heavy atom. The highest BCUT2D eigenvalue weighted by molar-refractivity contribution is 9.10. The molecule has 0 aromatic heterocycles. The van der Waals surface area contributed by atoms with Crippen molar-refractivity contribution >= 4 is 43.5 Å². The van der Waals surface area contributed by atoms with Crippen LogP contribution in [0.25, 0.3) is 0 Å². The van der Waals surface area contributed by atoms with Crippen molar-refractivity contribution in [2.75, 3.05) is 29.8 Å². The van der Waals surface area contributed by atoms with Gasteiger partial charge in [0.05, 0.1) is 11.4 Å². The van der Waals surface area contributed by atoms with Gasteiger partial charge < -0.3 is 19.7 Å². The predicted octanol–water partition coefficient (Wildman–Crippen LogP) is 4.24. The molecule has 1 aliphatic carbocycles. The van der Waals surface area contributed by atoms with Crippen LogP contribution in [0.2, 0.25) is 0 Å². The normalized spacial score (nSPS) is 16.3. The highest BCUT2D eigenvalue weighted by Gasteiger charge is 2.32. The summed E-state index contributed by atoms with van der Waals surface area (Å²) in [5.74, 6) is 0.0313. The topological polar surface area (TPSA) is 105 Å². The van der Waals surface area contributed by atoms with E-state index in [1.165, 1.54) is 11.8 Å². The lowest BCUT2D eigenvalue weighted by molar-refractivity contribution is -0.139. The van der Waals surface area contributed by atoms with Gasteiger partial charge in [0, 0.05) is 23.1 Å². The van der Waals surface area contributed by atoms with Crippen LogP contribution < -0.4 is 19.1 Å². The summed E-state index contributed by atoms with van der Waals surface area (Å²) in [7, 11) is -3.84. The molecule has 2 amide bonds. The number of carbonyl (C=O) groups is 2. The number of sulfonamides is 1. The second kappa shape index (κ2) is 13.0. The van der Waals surface area contributed by atoms with Gasteiger partial charge in [-0.2, -0.15) is 0 Å². The molecular formula is C28H36BrN3O6S.